The molecule has 1 aromatic carbocycles. The number of unbranched alkanes of at least 4 members (excludes halogenated alkanes) is 5. The van der Waals surface area contributed by atoms with Crippen molar-refractivity contribution in [1.82, 2.24) is 5.32 Å². The molecule has 1 nitrogen and oxygen atoms in total. The molecule has 2 rings (SSSR count). The lowest BCUT2D eigenvalue weighted by Gasteiger charge is -2.43. The maximum atomic E-state index is 5.98. The first-order valence-electron chi connectivity index (χ1n) is 7.74. The highest BCUT2D eigenvalue weighted by Crippen LogP contribution is 2.34. The van der Waals surface area contributed by atoms with Gasteiger partial charge in [-0.15, -0.1) is 0 Å². The highest BCUT2D eigenvalue weighted by atomic mass is 35.5. The summed E-state index contributed by atoms with van der Waals surface area (Å²) >= 11 is 5.98. The van der Waals surface area contributed by atoms with Crippen LogP contribution in [0.1, 0.15) is 57.4 Å². The predicted octanol–water partition coefficient (Wildman–Crippen LogP) is 4.93. The molecule has 1 saturated heterocycles. The Hall–Kier alpha value is -0.530. The summed E-state index contributed by atoms with van der Waals surface area (Å²) in [7, 11) is 0. The molecule has 0 aromatic heterocycles. The van der Waals surface area contributed by atoms with Gasteiger partial charge in [-0.2, -0.15) is 0 Å². The Morgan fingerprint density at radius 1 is 1.00 bits per heavy atom. The first-order chi connectivity index (χ1) is 9.27. The van der Waals surface area contributed by atoms with Gasteiger partial charge in [0.25, 0.3) is 0 Å². The van der Waals surface area contributed by atoms with Crippen LogP contribution >= 0.6 is 11.6 Å². The number of benzene rings is 1. The topological polar surface area (TPSA) is 12.0 Å². The van der Waals surface area contributed by atoms with E-state index in [1.807, 2.05) is 12.1 Å². The van der Waals surface area contributed by atoms with E-state index >= 15 is 0 Å². The molecule has 0 saturated carbocycles. The normalized spacial score (nSPS) is 17.2. The van der Waals surface area contributed by atoms with Gasteiger partial charge < -0.3 is 5.32 Å². The lowest BCUT2D eigenvalue weighted by Crippen LogP contribution is -2.56. The molecule has 0 aliphatic carbocycles. The van der Waals surface area contributed by atoms with Crippen LogP contribution in [0.5, 0.6) is 0 Å². The lowest BCUT2D eigenvalue weighted by atomic mass is 9.71. The summed E-state index contributed by atoms with van der Waals surface area (Å²) in [4.78, 5) is 0. The molecule has 0 unspecified atom stereocenters. The van der Waals surface area contributed by atoms with Crippen molar-refractivity contribution in [2.24, 2.45) is 0 Å². The van der Waals surface area contributed by atoms with Gasteiger partial charge in [0.15, 0.2) is 0 Å². The van der Waals surface area contributed by atoms with Crippen LogP contribution in [-0.2, 0) is 5.41 Å². The monoisotopic (exact) mass is 279 g/mol. The molecule has 19 heavy (non-hydrogen) atoms. The molecule has 1 fully saturated rings. The number of rotatable bonds is 8. The second kappa shape index (κ2) is 7.31. The van der Waals surface area contributed by atoms with E-state index in [2.05, 4.69) is 24.4 Å². The van der Waals surface area contributed by atoms with Crippen LogP contribution in [0.3, 0.4) is 0 Å². The Kier molecular flexibility index (Phi) is 5.72. The van der Waals surface area contributed by atoms with E-state index in [9.17, 15) is 0 Å². The van der Waals surface area contributed by atoms with Crippen LogP contribution in [0.2, 0.25) is 5.02 Å². The Balaban J connectivity index is 1.80. The van der Waals surface area contributed by atoms with Crippen molar-refractivity contribution in [2.75, 3.05) is 13.1 Å². The fourth-order valence-electron chi connectivity index (χ4n) is 3.00. The Bertz CT molecular complexity index is 367. The Morgan fingerprint density at radius 3 is 2.21 bits per heavy atom. The second-order valence-corrected chi connectivity index (χ2v) is 6.34. The average molecular weight is 280 g/mol. The number of nitrogens with one attached hydrogen (secondary N) is 1. The molecule has 1 heterocycles. The molecule has 2 heteroatoms. The molecule has 0 atom stereocenters. The molecule has 1 aromatic rings. The van der Waals surface area contributed by atoms with Crippen LogP contribution in [0.25, 0.3) is 0 Å². The van der Waals surface area contributed by atoms with Gasteiger partial charge in [0, 0.05) is 23.5 Å². The number of hydrogen-bond acceptors (Lipinski definition) is 1. The van der Waals surface area contributed by atoms with Gasteiger partial charge >= 0.3 is 0 Å². The third-order valence-corrected chi connectivity index (χ3v) is 4.64. The summed E-state index contributed by atoms with van der Waals surface area (Å²) in [5.74, 6) is 0. The molecule has 0 amide bonds. The zero-order valence-corrected chi connectivity index (χ0v) is 12.8. The van der Waals surface area contributed by atoms with Crippen molar-refractivity contribution < 1.29 is 0 Å². The SMILES string of the molecule is CCCCCCCCC1(c2ccc(Cl)cc2)CNC1. The molecule has 0 bridgehead atoms. The van der Waals surface area contributed by atoms with Gasteiger partial charge in [-0.05, 0) is 24.1 Å². The summed E-state index contributed by atoms with van der Waals surface area (Å²) in [6.45, 7) is 4.53. The van der Waals surface area contributed by atoms with Crippen molar-refractivity contribution in [3.63, 3.8) is 0 Å². The van der Waals surface area contributed by atoms with Crippen LogP contribution < -0.4 is 5.32 Å². The smallest absolute Gasteiger partial charge is 0.0406 e. The minimum absolute atomic E-state index is 0.384. The molecular formula is C17H26ClN. The van der Waals surface area contributed by atoms with E-state index < -0.39 is 0 Å². The zero-order chi connectivity index (χ0) is 13.6. The zero-order valence-electron chi connectivity index (χ0n) is 12.1. The predicted molar refractivity (Wildman–Crippen MR) is 84.0 cm³/mol. The largest absolute Gasteiger partial charge is 0.315 e. The van der Waals surface area contributed by atoms with E-state index in [1.54, 1.807) is 0 Å². The minimum atomic E-state index is 0.384. The van der Waals surface area contributed by atoms with Crippen molar-refractivity contribution in [2.45, 2.75) is 57.3 Å². The van der Waals surface area contributed by atoms with E-state index in [0.29, 0.717) is 5.41 Å². The molecule has 0 radical (unpaired) electrons. The summed E-state index contributed by atoms with van der Waals surface area (Å²) in [5.41, 5.74) is 1.85. The van der Waals surface area contributed by atoms with Gasteiger partial charge in [-0.25, -0.2) is 0 Å². The summed E-state index contributed by atoms with van der Waals surface area (Å²) in [6, 6.07) is 8.47. The number of halogens is 1. The fourth-order valence-corrected chi connectivity index (χ4v) is 3.13. The van der Waals surface area contributed by atoms with Crippen LogP contribution in [0.15, 0.2) is 24.3 Å². The minimum Gasteiger partial charge on any atom is -0.315 e. The van der Waals surface area contributed by atoms with Gasteiger partial charge in [0.2, 0.25) is 0 Å². The lowest BCUT2D eigenvalue weighted by molar-refractivity contribution is 0.249. The van der Waals surface area contributed by atoms with E-state index in [0.717, 1.165) is 18.1 Å². The molecular weight excluding hydrogens is 254 g/mol. The van der Waals surface area contributed by atoms with Gasteiger partial charge in [-0.1, -0.05) is 69.2 Å². The van der Waals surface area contributed by atoms with Crippen LogP contribution in [0, 0.1) is 0 Å². The van der Waals surface area contributed by atoms with E-state index in [1.165, 1.54) is 50.5 Å². The quantitative estimate of drug-likeness (QED) is 0.665. The van der Waals surface area contributed by atoms with Crippen LogP contribution in [0.4, 0.5) is 0 Å². The fraction of sp³-hybridized carbons (Fsp3) is 0.647. The standard InChI is InChI=1S/C17H26ClN/c1-2-3-4-5-6-7-12-17(13-19-14-17)15-8-10-16(18)11-9-15/h8-11,19H,2-7,12-14H2,1H3. The highest BCUT2D eigenvalue weighted by Gasteiger charge is 2.37. The average Bonchev–Trinajstić information content (AvgIpc) is 2.38. The third-order valence-electron chi connectivity index (χ3n) is 4.39. The Labute approximate surface area is 122 Å². The first kappa shape index (κ1) is 14.9. The molecule has 1 aliphatic heterocycles. The van der Waals surface area contributed by atoms with Crippen molar-refractivity contribution in [1.29, 1.82) is 0 Å². The van der Waals surface area contributed by atoms with E-state index in [-0.39, 0.29) is 0 Å². The summed E-state index contributed by atoms with van der Waals surface area (Å²) < 4.78 is 0. The molecule has 1 aliphatic rings. The Morgan fingerprint density at radius 2 is 1.63 bits per heavy atom. The first-order valence-corrected chi connectivity index (χ1v) is 8.11. The summed E-state index contributed by atoms with van der Waals surface area (Å²) in [6.07, 6.45) is 9.58. The van der Waals surface area contributed by atoms with Gasteiger partial charge in [0.1, 0.15) is 0 Å². The van der Waals surface area contributed by atoms with Gasteiger partial charge in [0.05, 0.1) is 0 Å². The van der Waals surface area contributed by atoms with Gasteiger partial charge in [-0.3, -0.25) is 0 Å². The van der Waals surface area contributed by atoms with Crippen LogP contribution in [-0.4, -0.2) is 13.1 Å². The molecule has 1 N–H and O–H groups in total. The third kappa shape index (κ3) is 3.97. The highest BCUT2D eigenvalue weighted by molar-refractivity contribution is 6.30. The van der Waals surface area contributed by atoms with E-state index in [4.69, 9.17) is 11.6 Å². The van der Waals surface area contributed by atoms with Crippen molar-refractivity contribution in [3.8, 4) is 0 Å². The summed E-state index contributed by atoms with van der Waals surface area (Å²) in [5, 5.41) is 4.28. The maximum absolute atomic E-state index is 5.98. The molecule has 0 spiro atoms. The van der Waals surface area contributed by atoms with Crippen molar-refractivity contribution >= 4 is 11.6 Å². The molecule has 106 valence electrons. The number of hydrogen-bond donors (Lipinski definition) is 1. The maximum Gasteiger partial charge on any atom is 0.0406 e. The van der Waals surface area contributed by atoms with Crippen molar-refractivity contribution in [3.05, 3.63) is 34.9 Å². The second-order valence-electron chi connectivity index (χ2n) is 5.91.